The molecule has 2 rings (SSSR count). The molecule has 1 aliphatic heterocycles. The summed E-state index contributed by atoms with van der Waals surface area (Å²) in [6.45, 7) is 0.397. The Morgan fingerprint density at radius 1 is 1.39 bits per heavy atom. The minimum atomic E-state index is -4.82. The lowest BCUT2D eigenvalue weighted by Crippen LogP contribution is -2.26. The molecule has 1 heterocycles. The topological polar surface area (TPSA) is 38.7 Å². The number of benzene rings is 1. The Balaban J connectivity index is 2.31. The molecule has 0 aromatic heterocycles. The largest absolute Gasteiger partial charge is 0.573 e. The maximum absolute atomic E-state index is 12.2. The molecule has 0 spiro atoms. The maximum atomic E-state index is 12.2. The fourth-order valence-electron chi connectivity index (χ4n) is 1.78. The quantitative estimate of drug-likeness (QED) is 0.906. The number of hydrogen-bond acceptors (Lipinski definition) is 3. The molecule has 100 valence electrons. The van der Waals surface area contributed by atoms with E-state index in [0.717, 1.165) is 6.07 Å². The maximum Gasteiger partial charge on any atom is 0.573 e. The first-order valence-corrected chi connectivity index (χ1v) is 5.54. The molecule has 1 aromatic rings. The van der Waals surface area contributed by atoms with Crippen molar-refractivity contribution < 1.29 is 27.8 Å². The SMILES string of the molecule is OC1(c2ccc(Cl)c(OC(F)(F)F)c2)CCOC1. The summed E-state index contributed by atoms with van der Waals surface area (Å²) in [6, 6.07) is 3.80. The molecule has 0 bridgehead atoms. The van der Waals surface area contributed by atoms with Crippen molar-refractivity contribution in [3.05, 3.63) is 28.8 Å². The molecule has 1 N–H and O–H groups in total. The molecular weight excluding hydrogens is 273 g/mol. The third kappa shape index (κ3) is 2.88. The van der Waals surface area contributed by atoms with Crippen LogP contribution in [0.4, 0.5) is 13.2 Å². The predicted molar refractivity (Wildman–Crippen MR) is 57.5 cm³/mol. The molecule has 0 saturated carbocycles. The lowest BCUT2D eigenvalue weighted by atomic mass is 9.93. The smallest absolute Gasteiger partial charge is 0.404 e. The first kappa shape index (κ1) is 13.5. The highest BCUT2D eigenvalue weighted by molar-refractivity contribution is 6.32. The van der Waals surface area contributed by atoms with Crippen LogP contribution in [0.3, 0.4) is 0 Å². The van der Waals surface area contributed by atoms with Crippen LogP contribution < -0.4 is 4.74 Å². The Morgan fingerprint density at radius 2 is 2.11 bits per heavy atom. The summed E-state index contributed by atoms with van der Waals surface area (Å²) in [6.07, 6.45) is -4.50. The standard InChI is InChI=1S/C11H10ClF3O3/c12-8-2-1-7(10(16)3-4-17-6-10)5-9(8)18-11(13,14)15/h1-2,5,16H,3-4,6H2. The van der Waals surface area contributed by atoms with Gasteiger partial charge in [-0.1, -0.05) is 17.7 Å². The highest BCUT2D eigenvalue weighted by atomic mass is 35.5. The van der Waals surface area contributed by atoms with E-state index in [9.17, 15) is 18.3 Å². The fourth-order valence-corrected chi connectivity index (χ4v) is 1.93. The molecule has 1 unspecified atom stereocenters. The number of hydrogen-bond donors (Lipinski definition) is 1. The lowest BCUT2D eigenvalue weighted by Gasteiger charge is -2.22. The van der Waals surface area contributed by atoms with Crippen molar-refractivity contribution in [1.29, 1.82) is 0 Å². The normalized spacial score (nSPS) is 24.3. The van der Waals surface area contributed by atoms with Crippen LogP contribution in [0.15, 0.2) is 18.2 Å². The van der Waals surface area contributed by atoms with Crippen molar-refractivity contribution >= 4 is 11.6 Å². The van der Waals surface area contributed by atoms with Crippen molar-refractivity contribution in [1.82, 2.24) is 0 Å². The summed E-state index contributed by atoms with van der Waals surface area (Å²) in [7, 11) is 0. The first-order chi connectivity index (χ1) is 8.30. The molecule has 1 aromatic carbocycles. The van der Waals surface area contributed by atoms with Crippen molar-refractivity contribution in [2.24, 2.45) is 0 Å². The third-order valence-corrected chi connectivity index (χ3v) is 3.01. The van der Waals surface area contributed by atoms with E-state index >= 15 is 0 Å². The van der Waals surface area contributed by atoms with Gasteiger partial charge in [-0.2, -0.15) is 0 Å². The van der Waals surface area contributed by atoms with Crippen LogP contribution in [0.5, 0.6) is 5.75 Å². The summed E-state index contributed by atoms with van der Waals surface area (Å²) >= 11 is 5.62. The molecule has 1 atom stereocenters. The molecule has 1 fully saturated rings. The second-order valence-electron chi connectivity index (χ2n) is 4.03. The van der Waals surface area contributed by atoms with Gasteiger partial charge in [-0.05, 0) is 17.7 Å². The van der Waals surface area contributed by atoms with Gasteiger partial charge in [0.15, 0.2) is 0 Å². The van der Waals surface area contributed by atoms with Gasteiger partial charge in [-0.3, -0.25) is 0 Å². The van der Waals surface area contributed by atoms with Gasteiger partial charge in [0.05, 0.1) is 11.6 Å². The zero-order valence-corrected chi connectivity index (χ0v) is 9.88. The zero-order valence-electron chi connectivity index (χ0n) is 9.13. The van der Waals surface area contributed by atoms with Gasteiger partial charge < -0.3 is 14.6 Å². The number of ether oxygens (including phenoxy) is 2. The second-order valence-corrected chi connectivity index (χ2v) is 4.43. The van der Waals surface area contributed by atoms with Crippen LogP contribution >= 0.6 is 11.6 Å². The van der Waals surface area contributed by atoms with Gasteiger partial charge in [0, 0.05) is 13.0 Å². The van der Waals surface area contributed by atoms with Crippen LogP contribution in [0.1, 0.15) is 12.0 Å². The van der Waals surface area contributed by atoms with Gasteiger partial charge in [0.25, 0.3) is 0 Å². The zero-order chi connectivity index (χ0) is 13.4. The molecule has 18 heavy (non-hydrogen) atoms. The van der Waals surface area contributed by atoms with Crippen LogP contribution in [0.2, 0.25) is 5.02 Å². The summed E-state index contributed by atoms with van der Waals surface area (Å²) in [5, 5.41) is 10.0. The highest BCUT2D eigenvalue weighted by Gasteiger charge is 2.36. The van der Waals surface area contributed by atoms with E-state index in [1.54, 1.807) is 0 Å². The highest BCUT2D eigenvalue weighted by Crippen LogP contribution is 2.37. The van der Waals surface area contributed by atoms with E-state index in [0.29, 0.717) is 18.6 Å². The molecule has 1 aliphatic rings. The number of alkyl halides is 3. The molecule has 0 amide bonds. The van der Waals surface area contributed by atoms with Gasteiger partial charge in [-0.25, -0.2) is 0 Å². The molecule has 3 nitrogen and oxygen atoms in total. The van der Waals surface area contributed by atoms with Crippen molar-refractivity contribution in [3.8, 4) is 5.75 Å². The molecule has 0 radical (unpaired) electrons. The van der Waals surface area contributed by atoms with Crippen molar-refractivity contribution in [3.63, 3.8) is 0 Å². The summed E-state index contributed by atoms with van der Waals surface area (Å²) in [4.78, 5) is 0. The van der Waals surface area contributed by atoms with E-state index < -0.39 is 17.7 Å². The Hall–Kier alpha value is -0.980. The van der Waals surface area contributed by atoms with Crippen molar-refractivity contribution in [2.45, 2.75) is 18.4 Å². The van der Waals surface area contributed by atoms with Crippen LogP contribution in [0, 0.1) is 0 Å². The average molecular weight is 283 g/mol. The van der Waals surface area contributed by atoms with Crippen molar-refractivity contribution in [2.75, 3.05) is 13.2 Å². The first-order valence-electron chi connectivity index (χ1n) is 5.16. The van der Waals surface area contributed by atoms with Gasteiger partial charge >= 0.3 is 6.36 Å². The third-order valence-electron chi connectivity index (χ3n) is 2.70. The van der Waals surface area contributed by atoms with Gasteiger partial charge in [-0.15, -0.1) is 13.2 Å². The molecule has 7 heteroatoms. The summed E-state index contributed by atoms with van der Waals surface area (Å²) in [5.74, 6) is -0.526. The van der Waals surface area contributed by atoms with E-state index in [2.05, 4.69) is 4.74 Å². The monoisotopic (exact) mass is 282 g/mol. The minimum Gasteiger partial charge on any atom is -0.404 e. The average Bonchev–Trinajstić information content (AvgIpc) is 2.68. The van der Waals surface area contributed by atoms with Crippen LogP contribution in [-0.4, -0.2) is 24.7 Å². The van der Waals surface area contributed by atoms with Gasteiger partial charge in [0.2, 0.25) is 0 Å². The summed E-state index contributed by atoms with van der Waals surface area (Å²) in [5.41, 5.74) is -0.988. The lowest BCUT2D eigenvalue weighted by molar-refractivity contribution is -0.274. The Labute approximate surface area is 106 Å². The van der Waals surface area contributed by atoms with Crippen LogP contribution in [-0.2, 0) is 10.3 Å². The molecule has 0 aliphatic carbocycles. The number of halogens is 4. The van der Waals surface area contributed by atoms with Crippen LogP contribution in [0.25, 0.3) is 0 Å². The predicted octanol–water partition coefficient (Wildman–Crippen LogP) is 2.85. The minimum absolute atomic E-state index is 0.0418. The molecular formula is C11H10ClF3O3. The van der Waals surface area contributed by atoms with E-state index in [1.807, 2.05) is 0 Å². The van der Waals surface area contributed by atoms with E-state index in [-0.39, 0.29) is 11.6 Å². The van der Waals surface area contributed by atoms with Gasteiger partial charge in [0.1, 0.15) is 11.4 Å². The Morgan fingerprint density at radius 3 is 2.67 bits per heavy atom. The molecule has 1 saturated heterocycles. The number of aliphatic hydroxyl groups is 1. The van der Waals surface area contributed by atoms with E-state index in [1.165, 1.54) is 12.1 Å². The summed E-state index contributed by atoms with van der Waals surface area (Å²) < 4.78 is 45.3. The van der Waals surface area contributed by atoms with E-state index in [4.69, 9.17) is 16.3 Å². The Kier molecular flexibility index (Phi) is 3.44. The fraction of sp³-hybridized carbons (Fsp3) is 0.455. The number of rotatable bonds is 2. The Bertz CT molecular complexity index is 442. The second kappa shape index (κ2) is 4.60.